The lowest BCUT2D eigenvalue weighted by molar-refractivity contribution is -0.119. The lowest BCUT2D eigenvalue weighted by atomic mass is 10.0. The number of amides is 1. The van der Waals surface area contributed by atoms with Gasteiger partial charge in [0.1, 0.15) is 4.90 Å². The third-order valence-corrected chi connectivity index (χ3v) is 4.73. The fourth-order valence-corrected chi connectivity index (χ4v) is 3.76. The van der Waals surface area contributed by atoms with Crippen molar-refractivity contribution in [1.29, 1.82) is 0 Å². The Bertz CT molecular complexity index is 614. The van der Waals surface area contributed by atoms with Crippen LogP contribution in [0.3, 0.4) is 0 Å². The topological polar surface area (TPSA) is 115 Å². The number of rotatable bonds is 6. The number of hydrogen-bond acceptors (Lipinski definition) is 4. The minimum atomic E-state index is -3.85. The number of nitrogens with two attached hydrogens (primary N) is 2. The van der Waals surface area contributed by atoms with Crippen LogP contribution >= 0.6 is 11.6 Å². The molecule has 8 heteroatoms. The van der Waals surface area contributed by atoms with Gasteiger partial charge in [0, 0.05) is 18.5 Å². The highest BCUT2D eigenvalue weighted by atomic mass is 35.5. The standard InChI is InChI=1S/C12H18ClN3O3S/c1-12(2,6-11(15)17)16-20(18,19)10-4-3-8(7-14)5-9(10)13/h3-5,16H,6-7,14H2,1-2H3,(H2,15,17). The monoisotopic (exact) mass is 319 g/mol. The molecule has 0 aliphatic rings. The Hall–Kier alpha value is -1.15. The highest BCUT2D eigenvalue weighted by Crippen LogP contribution is 2.24. The Morgan fingerprint density at radius 2 is 2.00 bits per heavy atom. The molecule has 6 nitrogen and oxygen atoms in total. The minimum Gasteiger partial charge on any atom is -0.370 e. The van der Waals surface area contributed by atoms with Gasteiger partial charge in [-0.15, -0.1) is 0 Å². The normalized spacial score (nSPS) is 12.4. The number of halogens is 1. The van der Waals surface area contributed by atoms with Crippen LogP contribution in [0.15, 0.2) is 23.1 Å². The molecule has 1 amide bonds. The molecular formula is C12H18ClN3O3S. The molecule has 20 heavy (non-hydrogen) atoms. The summed E-state index contributed by atoms with van der Waals surface area (Å²) in [5.74, 6) is -0.595. The van der Waals surface area contributed by atoms with Gasteiger partial charge in [-0.3, -0.25) is 4.79 Å². The molecule has 0 fully saturated rings. The molecule has 1 rings (SSSR count). The Balaban J connectivity index is 3.08. The first kappa shape index (κ1) is 16.9. The summed E-state index contributed by atoms with van der Waals surface area (Å²) in [5, 5.41) is 0.0790. The van der Waals surface area contributed by atoms with E-state index in [2.05, 4.69) is 4.72 Å². The number of benzene rings is 1. The quantitative estimate of drug-likeness (QED) is 0.716. The molecule has 0 aliphatic heterocycles. The zero-order chi connectivity index (χ0) is 15.6. The number of sulfonamides is 1. The maximum absolute atomic E-state index is 12.3. The first-order chi connectivity index (χ1) is 9.07. The van der Waals surface area contributed by atoms with Gasteiger partial charge in [-0.25, -0.2) is 13.1 Å². The van der Waals surface area contributed by atoms with Crippen LogP contribution < -0.4 is 16.2 Å². The maximum Gasteiger partial charge on any atom is 0.242 e. The van der Waals surface area contributed by atoms with Gasteiger partial charge in [-0.05, 0) is 31.5 Å². The van der Waals surface area contributed by atoms with E-state index in [1.165, 1.54) is 12.1 Å². The summed E-state index contributed by atoms with van der Waals surface area (Å²) in [6.45, 7) is 3.40. The van der Waals surface area contributed by atoms with Crippen molar-refractivity contribution < 1.29 is 13.2 Å². The molecule has 5 N–H and O–H groups in total. The summed E-state index contributed by atoms with van der Waals surface area (Å²) in [6, 6.07) is 4.46. The van der Waals surface area contributed by atoms with Gasteiger partial charge >= 0.3 is 0 Å². The predicted octanol–water partition coefficient (Wildman–Crippen LogP) is 0.731. The summed E-state index contributed by atoms with van der Waals surface area (Å²) in [7, 11) is -3.85. The largest absolute Gasteiger partial charge is 0.370 e. The van der Waals surface area contributed by atoms with Crippen LogP contribution in [0.4, 0.5) is 0 Å². The highest BCUT2D eigenvalue weighted by Gasteiger charge is 2.29. The molecule has 1 aromatic rings. The Kier molecular flexibility index (Phi) is 5.15. The van der Waals surface area contributed by atoms with Crippen LogP contribution in [-0.4, -0.2) is 19.9 Å². The van der Waals surface area contributed by atoms with Gasteiger partial charge in [0.25, 0.3) is 0 Å². The molecule has 0 radical (unpaired) electrons. The summed E-state index contributed by atoms with van der Waals surface area (Å²) < 4.78 is 27.0. The fraction of sp³-hybridized carbons (Fsp3) is 0.417. The molecule has 0 saturated carbocycles. The second-order valence-corrected chi connectivity index (χ2v) is 7.16. The Morgan fingerprint density at radius 3 is 2.45 bits per heavy atom. The first-order valence-corrected chi connectivity index (χ1v) is 7.74. The lowest BCUT2D eigenvalue weighted by Crippen LogP contribution is -2.45. The summed E-state index contributed by atoms with van der Waals surface area (Å²) in [6.07, 6.45) is -0.120. The number of hydrogen-bond donors (Lipinski definition) is 3. The van der Waals surface area contributed by atoms with Gasteiger partial charge in [0.05, 0.1) is 5.02 Å². The van der Waals surface area contributed by atoms with Crippen molar-refractivity contribution in [3.05, 3.63) is 28.8 Å². The minimum absolute atomic E-state index is 0.0612. The summed E-state index contributed by atoms with van der Waals surface area (Å²) in [5.41, 5.74) is 10.3. The van der Waals surface area contributed by atoms with E-state index in [0.717, 1.165) is 5.56 Å². The van der Waals surface area contributed by atoms with E-state index in [-0.39, 0.29) is 22.9 Å². The molecule has 112 valence electrons. The van der Waals surface area contributed by atoms with Crippen molar-refractivity contribution in [2.24, 2.45) is 11.5 Å². The van der Waals surface area contributed by atoms with Gasteiger partial charge < -0.3 is 11.5 Å². The maximum atomic E-state index is 12.3. The first-order valence-electron chi connectivity index (χ1n) is 5.88. The van der Waals surface area contributed by atoms with Crippen molar-refractivity contribution in [3.8, 4) is 0 Å². The van der Waals surface area contributed by atoms with E-state index in [1.54, 1.807) is 19.9 Å². The average Bonchev–Trinajstić information content (AvgIpc) is 2.24. The van der Waals surface area contributed by atoms with Gasteiger partial charge in [0.15, 0.2) is 0 Å². The third-order valence-electron chi connectivity index (χ3n) is 2.55. The summed E-state index contributed by atoms with van der Waals surface area (Å²) in [4.78, 5) is 10.9. The molecule has 0 aliphatic carbocycles. The average molecular weight is 320 g/mol. The lowest BCUT2D eigenvalue weighted by Gasteiger charge is -2.24. The van der Waals surface area contributed by atoms with Gasteiger partial charge in [-0.1, -0.05) is 17.7 Å². The van der Waals surface area contributed by atoms with E-state index >= 15 is 0 Å². The zero-order valence-corrected chi connectivity index (χ0v) is 12.9. The second-order valence-electron chi connectivity index (χ2n) is 5.10. The van der Waals surface area contributed by atoms with Crippen molar-refractivity contribution in [2.75, 3.05) is 0 Å². The SMILES string of the molecule is CC(C)(CC(N)=O)NS(=O)(=O)c1ccc(CN)cc1Cl. The van der Waals surface area contributed by atoms with Crippen LogP contribution in [0.2, 0.25) is 5.02 Å². The molecule has 1 aromatic carbocycles. The van der Waals surface area contributed by atoms with Crippen molar-refractivity contribution in [1.82, 2.24) is 4.72 Å². The molecule has 0 heterocycles. The van der Waals surface area contributed by atoms with Crippen LogP contribution in [0, 0.1) is 0 Å². The van der Waals surface area contributed by atoms with E-state index in [4.69, 9.17) is 23.1 Å². The Morgan fingerprint density at radius 1 is 1.40 bits per heavy atom. The smallest absolute Gasteiger partial charge is 0.242 e. The van der Waals surface area contributed by atoms with E-state index < -0.39 is 21.5 Å². The molecule has 0 atom stereocenters. The van der Waals surface area contributed by atoms with E-state index in [0.29, 0.717) is 0 Å². The van der Waals surface area contributed by atoms with Crippen LogP contribution in [-0.2, 0) is 21.4 Å². The number of nitrogens with one attached hydrogen (secondary N) is 1. The van der Waals surface area contributed by atoms with E-state index in [9.17, 15) is 13.2 Å². The van der Waals surface area contributed by atoms with E-state index in [1.807, 2.05) is 0 Å². The predicted molar refractivity (Wildman–Crippen MR) is 77.6 cm³/mol. The van der Waals surface area contributed by atoms with Crippen LogP contribution in [0.1, 0.15) is 25.8 Å². The molecular weight excluding hydrogens is 302 g/mol. The molecule has 0 aromatic heterocycles. The van der Waals surface area contributed by atoms with Crippen LogP contribution in [0.5, 0.6) is 0 Å². The van der Waals surface area contributed by atoms with Crippen LogP contribution in [0.25, 0.3) is 0 Å². The molecule has 0 unspecified atom stereocenters. The Labute approximate surface area is 123 Å². The molecule has 0 saturated heterocycles. The number of carbonyl (C=O) groups is 1. The highest BCUT2D eigenvalue weighted by molar-refractivity contribution is 7.89. The van der Waals surface area contributed by atoms with Gasteiger partial charge in [-0.2, -0.15) is 0 Å². The van der Waals surface area contributed by atoms with Crippen molar-refractivity contribution in [3.63, 3.8) is 0 Å². The van der Waals surface area contributed by atoms with Crippen molar-refractivity contribution in [2.45, 2.75) is 37.2 Å². The number of primary amides is 1. The molecule has 0 spiro atoms. The zero-order valence-electron chi connectivity index (χ0n) is 11.3. The second kappa shape index (κ2) is 6.09. The summed E-state index contributed by atoms with van der Waals surface area (Å²) >= 11 is 5.96. The molecule has 0 bridgehead atoms. The van der Waals surface area contributed by atoms with Crippen molar-refractivity contribution >= 4 is 27.5 Å². The number of carbonyl (C=O) groups excluding carboxylic acids is 1. The van der Waals surface area contributed by atoms with Gasteiger partial charge in [0.2, 0.25) is 15.9 Å². The third kappa shape index (κ3) is 4.45. The fourth-order valence-electron chi connectivity index (χ4n) is 1.78.